The van der Waals surface area contributed by atoms with Crippen molar-refractivity contribution >= 4 is 17.6 Å². The fourth-order valence-corrected chi connectivity index (χ4v) is 1.73. The number of carbonyl (C=O) groups excluding carboxylic acids is 1. The van der Waals surface area contributed by atoms with Crippen molar-refractivity contribution < 1.29 is 13.9 Å². The van der Waals surface area contributed by atoms with Crippen LogP contribution in [0.3, 0.4) is 0 Å². The maximum Gasteiger partial charge on any atom is 0.343 e. The first kappa shape index (κ1) is 15.2. The molecular formula is C13H14ClFN2O2. The number of esters is 1. The lowest BCUT2D eigenvalue weighted by molar-refractivity contribution is 0.0549. The summed E-state index contributed by atoms with van der Waals surface area (Å²) in [5, 5.41) is 4.28. The van der Waals surface area contributed by atoms with Gasteiger partial charge in [-0.1, -0.05) is 36.4 Å². The van der Waals surface area contributed by atoms with Crippen LogP contribution >= 0.6 is 11.6 Å². The highest BCUT2D eigenvalue weighted by atomic mass is 35.5. The highest BCUT2D eigenvalue weighted by Gasteiger charge is 2.22. The number of ether oxygens (including phenoxy) is 1. The van der Waals surface area contributed by atoms with Gasteiger partial charge in [0.1, 0.15) is 17.3 Å². The molecule has 1 rings (SSSR count). The fraction of sp³-hybridized carbons (Fsp3) is 0.231. The Balaban J connectivity index is 3.12. The molecule has 0 aliphatic carbocycles. The van der Waals surface area contributed by atoms with E-state index in [0.29, 0.717) is 18.6 Å². The molecule has 4 nitrogen and oxygen atoms in total. The Morgan fingerprint density at radius 3 is 2.79 bits per heavy atom. The minimum Gasteiger partial charge on any atom is -0.458 e. The summed E-state index contributed by atoms with van der Waals surface area (Å²) in [6.07, 6.45) is 4.81. The average Bonchev–Trinajstić information content (AvgIpc) is 2.71. The molecule has 0 aromatic carbocycles. The lowest BCUT2D eigenvalue weighted by Gasteiger charge is -2.02. The summed E-state index contributed by atoms with van der Waals surface area (Å²) in [7, 11) is 0. The molecule has 19 heavy (non-hydrogen) atoms. The standard InChI is InChI=1S/C13H14ClFN2O2/c1-3-8-17-12(14)11(13(18)19-9-4-2)10(16-17)6-5-7-15/h3-5,7H,1-2,6,8-9H2. The van der Waals surface area contributed by atoms with Gasteiger partial charge in [0.15, 0.2) is 0 Å². The lowest BCUT2D eigenvalue weighted by atomic mass is 10.2. The van der Waals surface area contributed by atoms with Gasteiger partial charge < -0.3 is 4.74 Å². The number of hydrogen-bond donors (Lipinski definition) is 0. The van der Waals surface area contributed by atoms with Gasteiger partial charge in [-0.25, -0.2) is 13.9 Å². The van der Waals surface area contributed by atoms with E-state index in [1.807, 2.05) is 0 Å². The Kier molecular flexibility index (Phi) is 6.02. The molecule has 0 radical (unpaired) electrons. The zero-order chi connectivity index (χ0) is 14.3. The van der Waals surface area contributed by atoms with Gasteiger partial charge in [-0.3, -0.25) is 0 Å². The molecule has 0 spiro atoms. The minimum absolute atomic E-state index is 0.0696. The van der Waals surface area contributed by atoms with Gasteiger partial charge in [0.2, 0.25) is 0 Å². The smallest absolute Gasteiger partial charge is 0.343 e. The first-order valence-corrected chi connectivity index (χ1v) is 5.92. The number of nitrogens with zero attached hydrogens (tertiary/aromatic N) is 2. The second kappa shape index (κ2) is 7.53. The molecule has 0 saturated carbocycles. The van der Waals surface area contributed by atoms with Gasteiger partial charge in [0, 0.05) is 6.42 Å². The number of carbonyl (C=O) groups is 1. The molecule has 1 heterocycles. The van der Waals surface area contributed by atoms with Crippen LogP contribution in [-0.2, 0) is 17.7 Å². The van der Waals surface area contributed by atoms with Crippen LogP contribution in [0.25, 0.3) is 0 Å². The second-order valence-electron chi connectivity index (χ2n) is 3.54. The molecule has 0 amide bonds. The van der Waals surface area contributed by atoms with Gasteiger partial charge in [-0.15, -0.1) is 6.58 Å². The zero-order valence-electron chi connectivity index (χ0n) is 10.3. The summed E-state index contributed by atoms with van der Waals surface area (Å²) < 4.78 is 18.4. The number of allylic oxidation sites excluding steroid dienone is 2. The Labute approximate surface area is 115 Å². The first-order valence-electron chi connectivity index (χ1n) is 5.55. The maximum absolute atomic E-state index is 12.1. The van der Waals surface area contributed by atoms with Crippen LogP contribution in [0.1, 0.15) is 16.1 Å². The Morgan fingerprint density at radius 2 is 2.21 bits per heavy atom. The molecule has 0 saturated heterocycles. The fourth-order valence-electron chi connectivity index (χ4n) is 1.44. The van der Waals surface area contributed by atoms with Crippen LogP contribution in [0.4, 0.5) is 4.39 Å². The van der Waals surface area contributed by atoms with Crippen LogP contribution in [0.2, 0.25) is 5.15 Å². The van der Waals surface area contributed by atoms with E-state index in [1.54, 1.807) is 6.08 Å². The zero-order valence-corrected chi connectivity index (χ0v) is 11.1. The molecule has 0 aliphatic rings. The van der Waals surface area contributed by atoms with E-state index in [4.69, 9.17) is 16.3 Å². The first-order chi connectivity index (χ1) is 9.15. The predicted octanol–water partition coefficient (Wildman–Crippen LogP) is 3.09. The van der Waals surface area contributed by atoms with E-state index in [-0.39, 0.29) is 23.7 Å². The molecule has 6 heteroatoms. The summed E-state index contributed by atoms with van der Waals surface area (Å²) in [5.41, 5.74) is 0.498. The largest absolute Gasteiger partial charge is 0.458 e. The number of rotatable bonds is 7. The molecule has 102 valence electrons. The van der Waals surface area contributed by atoms with Crippen molar-refractivity contribution in [1.29, 1.82) is 0 Å². The van der Waals surface area contributed by atoms with E-state index in [2.05, 4.69) is 18.3 Å². The molecule has 0 unspecified atom stereocenters. The lowest BCUT2D eigenvalue weighted by Crippen LogP contribution is -2.07. The summed E-state index contributed by atoms with van der Waals surface area (Å²) in [4.78, 5) is 11.9. The van der Waals surface area contributed by atoms with Crippen molar-refractivity contribution in [2.75, 3.05) is 6.61 Å². The van der Waals surface area contributed by atoms with Crippen LogP contribution < -0.4 is 0 Å². The van der Waals surface area contributed by atoms with Crippen LogP contribution in [-0.4, -0.2) is 22.4 Å². The van der Waals surface area contributed by atoms with Crippen LogP contribution in [0.15, 0.2) is 37.7 Å². The summed E-state index contributed by atoms with van der Waals surface area (Å²) in [6, 6.07) is 0. The van der Waals surface area contributed by atoms with E-state index in [1.165, 1.54) is 16.8 Å². The quantitative estimate of drug-likeness (QED) is 0.571. The van der Waals surface area contributed by atoms with Gasteiger partial charge >= 0.3 is 5.97 Å². The monoisotopic (exact) mass is 284 g/mol. The van der Waals surface area contributed by atoms with Crippen LogP contribution in [0.5, 0.6) is 0 Å². The van der Waals surface area contributed by atoms with Crippen molar-refractivity contribution in [2.24, 2.45) is 0 Å². The predicted molar refractivity (Wildman–Crippen MR) is 71.9 cm³/mol. The van der Waals surface area contributed by atoms with Crippen molar-refractivity contribution in [3.05, 3.63) is 54.1 Å². The van der Waals surface area contributed by atoms with Gasteiger partial charge in [-0.2, -0.15) is 5.10 Å². The van der Waals surface area contributed by atoms with E-state index in [9.17, 15) is 9.18 Å². The Bertz CT molecular complexity index is 509. The van der Waals surface area contributed by atoms with Gasteiger partial charge in [0.05, 0.1) is 18.6 Å². The molecule has 0 atom stereocenters. The van der Waals surface area contributed by atoms with Gasteiger partial charge in [-0.05, 0) is 0 Å². The summed E-state index contributed by atoms with van der Waals surface area (Å²) >= 11 is 6.07. The molecule has 1 aromatic rings. The third-order valence-corrected chi connectivity index (χ3v) is 2.59. The number of aromatic nitrogens is 2. The normalized spacial score (nSPS) is 10.6. The maximum atomic E-state index is 12.1. The highest BCUT2D eigenvalue weighted by Crippen LogP contribution is 2.22. The summed E-state index contributed by atoms with van der Waals surface area (Å²) in [6.45, 7) is 7.44. The third-order valence-electron chi connectivity index (χ3n) is 2.20. The van der Waals surface area contributed by atoms with Gasteiger partial charge in [0.25, 0.3) is 0 Å². The SMILES string of the molecule is C=CCOC(=O)c1c(CC=CF)nn(CC=C)c1Cl. The molecule has 0 aliphatic heterocycles. The third kappa shape index (κ3) is 3.79. The molecule has 0 bridgehead atoms. The Hall–Kier alpha value is -1.88. The topological polar surface area (TPSA) is 44.1 Å². The number of hydrogen-bond acceptors (Lipinski definition) is 3. The number of halogens is 2. The van der Waals surface area contributed by atoms with E-state index in [0.717, 1.165) is 0 Å². The van der Waals surface area contributed by atoms with Crippen molar-refractivity contribution in [3.8, 4) is 0 Å². The van der Waals surface area contributed by atoms with E-state index >= 15 is 0 Å². The second-order valence-corrected chi connectivity index (χ2v) is 3.89. The molecule has 1 aromatic heterocycles. The highest BCUT2D eigenvalue weighted by molar-refractivity contribution is 6.32. The summed E-state index contributed by atoms with van der Waals surface area (Å²) in [5.74, 6) is -0.609. The molecule has 0 N–H and O–H groups in total. The van der Waals surface area contributed by atoms with Crippen molar-refractivity contribution in [3.63, 3.8) is 0 Å². The van der Waals surface area contributed by atoms with Crippen molar-refractivity contribution in [1.82, 2.24) is 9.78 Å². The van der Waals surface area contributed by atoms with Crippen molar-refractivity contribution in [2.45, 2.75) is 13.0 Å². The van der Waals surface area contributed by atoms with Crippen LogP contribution in [0, 0.1) is 0 Å². The average molecular weight is 285 g/mol. The van der Waals surface area contributed by atoms with E-state index < -0.39 is 5.97 Å². The Morgan fingerprint density at radius 1 is 1.47 bits per heavy atom. The molecule has 0 fully saturated rings. The minimum atomic E-state index is -0.609. The molecular weight excluding hydrogens is 271 g/mol.